The van der Waals surface area contributed by atoms with E-state index in [0.29, 0.717) is 11.4 Å². The largest absolute Gasteiger partial charge is 0.394 e. The molecule has 0 aliphatic heterocycles. The maximum Gasteiger partial charge on any atom is 0.270 e. The predicted octanol–water partition coefficient (Wildman–Crippen LogP) is 1.25. The molecule has 3 rings (SSSR count). The molecule has 1 fully saturated rings. The second-order valence-electron chi connectivity index (χ2n) is 5.55. The molecular formula is C16H16FN3O3. The number of amides is 1. The molecule has 7 heteroatoms. The number of aliphatic hydroxyl groups excluding tert-OH is 1. The number of carbonyl (C=O) groups excluding carboxylic acids is 1. The lowest BCUT2D eigenvalue weighted by Gasteiger charge is -2.16. The number of hydrogen-bond donors (Lipinski definition) is 3. The molecule has 1 atom stereocenters. The first kappa shape index (κ1) is 15.4. The van der Waals surface area contributed by atoms with Crippen LogP contribution >= 0.6 is 0 Å². The summed E-state index contributed by atoms with van der Waals surface area (Å²) in [7, 11) is 0. The maximum absolute atomic E-state index is 13.3. The standard InChI is InChI=1S/C16H16FN3O3/c17-11-3-1-2-10(6-11)13(8-21)19-16(23)12-7-14(22)20-15(18-12)9-4-5-9/h1-3,6-7,9,13,21H,4-5,8H2,(H,19,23)(H,18,20,22). The second-order valence-corrected chi connectivity index (χ2v) is 5.55. The van der Waals surface area contributed by atoms with Gasteiger partial charge in [0, 0.05) is 12.0 Å². The van der Waals surface area contributed by atoms with Crippen LogP contribution < -0.4 is 10.9 Å². The Hall–Kier alpha value is -2.54. The van der Waals surface area contributed by atoms with Crippen LogP contribution in [0.4, 0.5) is 4.39 Å². The van der Waals surface area contributed by atoms with Gasteiger partial charge in [0.05, 0.1) is 12.6 Å². The smallest absolute Gasteiger partial charge is 0.270 e. The van der Waals surface area contributed by atoms with Gasteiger partial charge in [-0.1, -0.05) is 12.1 Å². The Morgan fingerprint density at radius 1 is 1.43 bits per heavy atom. The molecule has 1 aliphatic rings. The van der Waals surface area contributed by atoms with E-state index in [1.165, 1.54) is 18.2 Å². The Bertz CT molecular complexity index is 786. The van der Waals surface area contributed by atoms with Crippen LogP contribution in [0.5, 0.6) is 0 Å². The number of aliphatic hydroxyl groups is 1. The van der Waals surface area contributed by atoms with Gasteiger partial charge in [0.25, 0.3) is 11.5 Å². The average molecular weight is 317 g/mol. The van der Waals surface area contributed by atoms with Crippen LogP contribution in [0.15, 0.2) is 35.1 Å². The number of H-pyrrole nitrogens is 1. The van der Waals surface area contributed by atoms with E-state index in [1.807, 2.05) is 0 Å². The minimum atomic E-state index is -0.774. The molecule has 0 spiro atoms. The summed E-state index contributed by atoms with van der Waals surface area (Å²) in [5.41, 5.74) is 0.0389. The molecule has 6 nitrogen and oxygen atoms in total. The Balaban J connectivity index is 1.81. The Morgan fingerprint density at radius 3 is 2.87 bits per heavy atom. The Morgan fingerprint density at radius 2 is 2.22 bits per heavy atom. The van der Waals surface area contributed by atoms with Gasteiger partial charge in [0.2, 0.25) is 0 Å². The third kappa shape index (κ3) is 3.62. The highest BCUT2D eigenvalue weighted by Gasteiger charge is 2.27. The number of halogens is 1. The number of benzene rings is 1. The second kappa shape index (κ2) is 6.29. The molecule has 1 amide bonds. The summed E-state index contributed by atoms with van der Waals surface area (Å²) in [6.45, 7) is -0.395. The summed E-state index contributed by atoms with van der Waals surface area (Å²) in [6, 6.07) is 5.95. The third-order valence-electron chi connectivity index (χ3n) is 3.70. The van der Waals surface area contributed by atoms with Crippen molar-refractivity contribution >= 4 is 5.91 Å². The fraction of sp³-hybridized carbons (Fsp3) is 0.312. The number of nitrogens with zero attached hydrogens (tertiary/aromatic N) is 1. The van der Waals surface area contributed by atoms with Gasteiger partial charge < -0.3 is 15.4 Å². The predicted molar refractivity (Wildman–Crippen MR) is 80.5 cm³/mol. The molecule has 1 heterocycles. The number of aromatic amines is 1. The van der Waals surface area contributed by atoms with Crippen molar-refractivity contribution in [3.8, 4) is 0 Å². The highest BCUT2D eigenvalue weighted by molar-refractivity contribution is 5.92. The molecule has 120 valence electrons. The van der Waals surface area contributed by atoms with Gasteiger partial charge in [0.1, 0.15) is 17.3 Å². The summed E-state index contributed by atoms with van der Waals surface area (Å²) in [4.78, 5) is 30.7. The van der Waals surface area contributed by atoms with Gasteiger partial charge >= 0.3 is 0 Å². The number of carbonyl (C=O) groups is 1. The molecule has 1 aromatic carbocycles. The summed E-state index contributed by atoms with van der Waals surface area (Å²) < 4.78 is 13.3. The minimum Gasteiger partial charge on any atom is -0.394 e. The van der Waals surface area contributed by atoms with Crippen LogP contribution in [0, 0.1) is 5.82 Å². The average Bonchev–Trinajstić information content (AvgIpc) is 3.36. The van der Waals surface area contributed by atoms with Crippen LogP contribution in [0.3, 0.4) is 0 Å². The van der Waals surface area contributed by atoms with E-state index in [4.69, 9.17) is 0 Å². The van der Waals surface area contributed by atoms with Crippen molar-refractivity contribution in [2.75, 3.05) is 6.61 Å². The fourth-order valence-electron chi connectivity index (χ4n) is 2.33. The normalized spacial score (nSPS) is 15.2. The summed E-state index contributed by atoms with van der Waals surface area (Å²) in [5.74, 6) is -0.330. The van der Waals surface area contributed by atoms with Crippen molar-refractivity contribution in [2.24, 2.45) is 0 Å². The van der Waals surface area contributed by atoms with Gasteiger partial charge in [-0.3, -0.25) is 9.59 Å². The first-order valence-electron chi connectivity index (χ1n) is 7.35. The first-order chi connectivity index (χ1) is 11.1. The Labute approximate surface area is 131 Å². The van der Waals surface area contributed by atoms with Crippen molar-refractivity contribution in [3.05, 3.63) is 63.6 Å². The van der Waals surface area contributed by atoms with Crippen molar-refractivity contribution in [3.63, 3.8) is 0 Å². The summed E-state index contributed by atoms with van der Waals surface area (Å²) >= 11 is 0. The van der Waals surface area contributed by atoms with Gasteiger partial charge in [-0.25, -0.2) is 9.37 Å². The molecule has 1 unspecified atom stereocenters. The molecule has 23 heavy (non-hydrogen) atoms. The van der Waals surface area contributed by atoms with E-state index >= 15 is 0 Å². The van der Waals surface area contributed by atoms with E-state index in [1.54, 1.807) is 6.07 Å². The van der Waals surface area contributed by atoms with E-state index in [0.717, 1.165) is 18.9 Å². The number of nitrogens with one attached hydrogen (secondary N) is 2. The van der Waals surface area contributed by atoms with Gasteiger partial charge in [-0.2, -0.15) is 0 Å². The molecule has 1 aliphatic carbocycles. The van der Waals surface area contributed by atoms with Crippen molar-refractivity contribution < 1.29 is 14.3 Å². The summed E-state index contributed by atoms with van der Waals surface area (Å²) in [6.07, 6.45) is 1.88. The van der Waals surface area contributed by atoms with Crippen molar-refractivity contribution in [2.45, 2.75) is 24.8 Å². The minimum absolute atomic E-state index is 0.00879. The zero-order valence-electron chi connectivity index (χ0n) is 12.3. The number of hydrogen-bond acceptors (Lipinski definition) is 4. The molecule has 0 saturated heterocycles. The molecule has 3 N–H and O–H groups in total. The maximum atomic E-state index is 13.3. The van der Waals surface area contributed by atoms with Crippen LogP contribution in [0.1, 0.15) is 46.7 Å². The van der Waals surface area contributed by atoms with Crippen molar-refractivity contribution in [1.82, 2.24) is 15.3 Å². The zero-order chi connectivity index (χ0) is 16.4. The lowest BCUT2D eigenvalue weighted by Crippen LogP contribution is -2.32. The van der Waals surface area contributed by atoms with E-state index < -0.39 is 29.9 Å². The van der Waals surface area contributed by atoms with Crippen molar-refractivity contribution in [1.29, 1.82) is 0 Å². The topological polar surface area (TPSA) is 95.1 Å². The van der Waals surface area contributed by atoms with Crippen LogP contribution in [-0.2, 0) is 0 Å². The molecule has 0 bridgehead atoms. The molecule has 2 aromatic rings. The monoisotopic (exact) mass is 317 g/mol. The number of aromatic nitrogens is 2. The van der Waals surface area contributed by atoms with E-state index in [2.05, 4.69) is 15.3 Å². The third-order valence-corrected chi connectivity index (χ3v) is 3.70. The van der Waals surface area contributed by atoms with Crippen LogP contribution in [-0.4, -0.2) is 27.6 Å². The van der Waals surface area contributed by atoms with Gasteiger partial charge in [-0.05, 0) is 30.5 Å². The van der Waals surface area contributed by atoms with Gasteiger partial charge in [-0.15, -0.1) is 0 Å². The quantitative estimate of drug-likeness (QED) is 0.773. The lowest BCUT2D eigenvalue weighted by atomic mass is 10.1. The fourth-order valence-corrected chi connectivity index (χ4v) is 2.33. The van der Waals surface area contributed by atoms with Gasteiger partial charge in [0.15, 0.2) is 0 Å². The van der Waals surface area contributed by atoms with E-state index in [9.17, 15) is 19.1 Å². The zero-order valence-corrected chi connectivity index (χ0v) is 12.3. The highest BCUT2D eigenvalue weighted by Crippen LogP contribution is 2.37. The number of rotatable bonds is 5. The van der Waals surface area contributed by atoms with Crippen LogP contribution in [0.2, 0.25) is 0 Å². The first-order valence-corrected chi connectivity index (χ1v) is 7.35. The Kier molecular flexibility index (Phi) is 4.20. The summed E-state index contributed by atoms with van der Waals surface area (Å²) in [5, 5.41) is 12.0. The highest BCUT2D eigenvalue weighted by atomic mass is 19.1. The van der Waals surface area contributed by atoms with E-state index in [-0.39, 0.29) is 11.6 Å². The lowest BCUT2D eigenvalue weighted by molar-refractivity contribution is 0.0910. The van der Waals surface area contributed by atoms with Crippen LogP contribution in [0.25, 0.3) is 0 Å². The molecule has 0 radical (unpaired) electrons. The SMILES string of the molecule is O=C(NC(CO)c1cccc(F)c1)c1cc(=O)[nH]c(C2CC2)n1. The molecule has 1 aromatic heterocycles. The molecular weight excluding hydrogens is 301 g/mol. The molecule has 1 saturated carbocycles.